The first-order chi connectivity index (χ1) is 9.63. The van der Waals surface area contributed by atoms with E-state index in [0.29, 0.717) is 10.1 Å². The lowest BCUT2D eigenvalue weighted by molar-refractivity contribution is 0.218. The molecule has 0 saturated heterocycles. The van der Waals surface area contributed by atoms with Crippen LogP contribution in [0.1, 0.15) is 5.56 Å². The summed E-state index contributed by atoms with van der Waals surface area (Å²) in [5, 5.41) is 0. The molecule has 0 atom stereocenters. The fourth-order valence-corrected chi connectivity index (χ4v) is 2.92. The molecule has 0 aliphatic carbocycles. The molecule has 0 aromatic carbocycles. The third kappa shape index (κ3) is 3.56. The number of thioether (sulfide) groups is 1. The van der Waals surface area contributed by atoms with E-state index in [0.717, 1.165) is 41.7 Å². The Morgan fingerprint density at radius 3 is 2.90 bits per heavy atom. The van der Waals surface area contributed by atoms with Crippen LogP contribution in [0.15, 0.2) is 21.2 Å². The minimum Gasteiger partial charge on any atom is -0.459 e. The Balaban J connectivity index is 2.04. The van der Waals surface area contributed by atoms with Crippen LogP contribution in [0.3, 0.4) is 0 Å². The van der Waals surface area contributed by atoms with Gasteiger partial charge >= 0.3 is 0 Å². The zero-order chi connectivity index (χ0) is 14.5. The van der Waals surface area contributed by atoms with Gasteiger partial charge in [-0.05, 0) is 6.92 Å². The number of ether oxygens (including phenoxy) is 1. The smallest absolute Gasteiger partial charge is 0.197 e. The number of nitrogens with zero attached hydrogens (tertiary/aromatic N) is 1. The van der Waals surface area contributed by atoms with Crippen molar-refractivity contribution in [2.24, 2.45) is 0 Å². The third-order valence-corrected chi connectivity index (χ3v) is 4.21. The van der Waals surface area contributed by atoms with Crippen LogP contribution in [0.4, 0.5) is 5.88 Å². The van der Waals surface area contributed by atoms with Gasteiger partial charge in [0.25, 0.3) is 0 Å². The lowest BCUT2D eigenvalue weighted by Crippen LogP contribution is -2.20. The molecule has 0 amide bonds. The number of hydrogen-bond acceptors (Lipinski definition) is 6. The molecule has 2 aromatic heterocycles. The highest BCUT2D eigenvalue weighted by Gasteiger charge is 2.11. The Kier molecular flexibility index (Phi) is 5.51. The van der Waals surface area contributed by atoms with E-state index in [1.54, 1.807) is 13.4 Å². The molecule has 6 heteroatoms. The summed E-state index contributed by atoms with van der Waals surface area (Å²) in [6, 6.07) is 1.85. The number of anilines is 1. The Hall–Kier alpha value is -0.980. The minimum atomic E-state index is 0.657. The maximum absolute atomic E-state index is 5.88. The molecule has 0 aliphatic heterocycles. The van der Waals surface area contributed by atoms with Crippen LogP contribution in [0, 0.1) is 11.4 Å². The quantitative estimate of drug-likeness (QED) is 0.570. The highest BCUT2D eigenvalue weighted by Crippen LogP contribution is 2.27. The first kappa shape index (κ1) is 15.4. The molecule has 2 aromatic rings. The number of furan rings is 1. The van der Waals surface area contributed by atoms with Gasteiger partial charge in [0.15, 0.2) is 17.1 Å². The summed E-state index contributed by atoms with van der Waals surface area (Å²) in [6.45, 7) is 3.64. The Labute approximate surface area is 128 Å². The lowest BCUT2D eigenvalue weighted by Gasteiger charge is -2.17. The highest BCUT2D eigenvalue weighted by molar-refractivity contribution is 7.99. The number of aryl methyl sites for hydroxylation is 1. The molecule has 0 radical (unpaired) electrons. The van der Waals surface area contributed by atoms with Crippen LogP contribution in [0.25, 0.3) is 11.2 Å². The highest BCUT2D eigenvalue weighted by atomic mass is 32.2. The van der Waals surface area contributed by atoms with E-state index in [1.165, 1.54) is 0 Å². The van der Waals surface area contributed by atoms with Crippen LogP contribution in [-0.2, 0) is 4.74 Å². The summed E-state index contributed by atoms with van der Waals surface area (Å²) in [5.74, 6) is 2.80. The summed E-state index contributed by atoms with van der Waals surface area (Å²) in [5.41, 5.74) is 2.37. The number of hydrogen-bond donors (Lipinski definition) is 0. The third-order valence-electron chi connectivity index (χ3n) is 2.98. The molecular formula is C14H19NO3S2. The van der Waals surface area contributed by atoms with Crippen LogP contribution < -0.4 is 4.90 Å². The standard InChI is InChI=1S/C14H19NO3S2/c1-10-9-17-14-11(19)8-12(18-13(10)14)15(2)4-6-20-7-5-16-3/h8-9H,4-7H2,1-3H3. The molecule has 0 bridgehead atoms. The van der Waals surface area contributed by atoms with Gasteiger partial charge in [0.2, 0.25) is 0 Å². The van der Waals surface area contributed by atoms with Crippen LogP contribution in [-0.4, -0.2) is 38.8 Å². The van der Waals surface area contributed by atoms with E-state index in [9.17, 15) is 0 Å². The van der Waals surface area contributed by atoms with E-state index >= 15 is 0 Å². The molecule has 0 N–H and O–H groups in total. The molecule has 110 valence electrons. The zero-order valence-corrected chi connectivity index (χ0v) is 13.6. The second-order valence-electron chi connectivity index (χ2n) is 4.55. The Morgan fingerprint density at radius 1 is 1.35 bits per heavy atom. The molecule has 0 aliphatic rings. The van der Waals surface area contributed by atoms with Crippen molar-refractivity contribution in [2.75, 3.05) is 43.7 Å². The van der Waals surface area contributed by atoms with Crippen molar-refractivity contribution in [2.45, 2.75) is 6.92 Å². The van der Waals surface area contributed by atoms with Gasteiger partial charge in [-0.2, -0.15) is 11.8 Å². The van der Waals surface area contributed by atoms with Gasteiger partial charge in [0, 0.05) is 43.8 Å². The van der Waals surface area contributed by atoms with Gasteiger partial charge < -0.3 is 18.5 Å². The Morgan fingerprint density at radius 2 is 2.15 bits per heavy atom. The van der Waals surface area contributed by atoms with Gasteiger partial charge in [-0.1, -0.05) is 12.2 Å². The summed E-state index contributed by atoms with van der Waals surface area (Å²) in [7, 11) is 3.73. The molecule has 0 saturated carbocycles. The molecule has 2 rings (SSSR count). The summed E-state index contributed by atoms with van der Waals surface area (Å²) in [6.07, 6.45) is 1.67. The predicted molar refractivity (Wildman–Crippen MR) is 86.5 cm³/mol. The average molecular weight is 313 g/mol. The van der Waals surface area contributed by atoms with E-state index in [4.69, 9.17) is 25.8 Å². The van der Waals surface area contributed by atoms with Gasteiger partial charge in [0.1, 0.15) is 0 Å². The first-order valence-corrected chi connectivity index (χ1v) is 7.99. The van der Waals surface area contributed by atoms with Crippen molar-refractivity contribution in [3.63, 3.8) is 0 Å². The summed E-state index contributed by atoms with van der Waals surface area (Å²) >= 11 is 7.20. The van der Waals surface area contributed by atoms with Gasteiger partial charge in [-0.15, -0.1) is 0 Å². The van der Waals surface area contributed by atoms with Crippen LogP contribution >= 0.6 is 24.0 Å². The van der Waals surface area contributed by atoms with Crippen molar-refractivity contribution in [1.82, 2.24) is 0 Å². The maximum atomic E-state index is 5.88. The van der Waals surface area contributed by atoms with Gasteiger partial charge in [-0.3, -0.25) is 0 Å². The second-order valence-corrected chi connectivity index (χ2v) is 6.22. The fraction of sp³-hybridized carbons (Fsp3) is 0.500. The van der Waals surface area contributed by atoms with E-state index < -0.39 is 0 Å². The fourth-order valence-electron chi connectivity index (χ4n) is 1.79. The van der Waals surface area contributed by atoms with Gasteiger partial charge in [-0.25, -0.2) is 0 Å². The first-order valence-electron chi connectivity index (χ1n) is 6.43. The number of rotatable bonds is 7. The zero-order valence-electron chi connectivity index (χ0n) is 12.0. The predicted octanol–water partition coefficient (Wildman–Crippen LogP) is 3.88. The normalized spacial score (nSPS) is 11.2. The molecular weight excluding hydrogens is 294 g/mol. The monoisotopic (exact) mass is 313 g/mol. The molecule has 0 spiro atoms. The van der Waals surface area contributed by atoms with Crippen LogP contribution in [0.2, 0.25) is 0 Å². The summed E-state index contributed by atoms with van der Waals surface area (Å²) < 4.78 is 17.0. The molecule has 0 unspecified atom stereocenters. The van der Waals surface area contributed by atoms with E-state index in [-0.39, 0.29) is 0 Å². The number of fused-ring (bicyclic) bond motifs is 1. The maximum Gasteiger partial charge on any atom is 0.197 e. The van der Waals surface area contributed by atoms with Crippen LogP contribution in [0.5, 0.6) is 0 Å². The topological polar surface area (TPSA) is 38.8 Å². The molecule has 0 fully saturated rings. The van der Waals surface area contributed by atoms with E-state index in [1.807, 2.05) is 31.8 Å². The van der Waals surface area contributed by atoms with Crippen molar-refractivity contribution in [3.05, 3.63) is 22.4 Å². The van der Waals surface area contributed by atoms with Gasteiger partial charge in [0.05, 0.1) is 17.4 Å². The SMILES string of the molecule is COCCSCCN(C)c1cc(=S)c2occ(C)c2o1. The molecule has 20 heavy (non-hydrogen) atoms. The molecule has 2 heterocycles. The number of methoxy groups -OCH3 is 1. The minimum absolute atomic E-state index is 0.657. The summed E-state index contributed by atoms with van der Waals surface area (Å²) in [4.78, 5) is 2.07. The van der Waals surface area contributed by atoms with E-state index in [2.05, 4.69) is 4.90 Å². The largest absolute Gasteiger partial charge is 0.459 e. The average Bonchev–Trinajstić information content (AvgIpc) is 2.81. The Bertz CT molecular complexity index is 620. The molecule has 4 nitrogen and oxygen atoms in total. The lowest BCUT2D eigenvalue weighted by atomic mass is 10.3. The van der Waals surface area contributed by atoms with Crippen molar-refractivity contribution < 1.29 is 13.6 Å². The second kappa shape index (κ2) is 7.15. The van der Waals surface area contributed by atoms with Crippen molar-refractivity contribution >= 4 is 41.0 Å². The van der Waals surface area contributed by atoms with Crippen molar-refractivity contribution in [3.8, 4) is 0 Å². The van der Waals surface area contributed by atoms with Crippen molar-refractivity contribution in [1.29, 1.82) is 0 Å².